The van der Waals surface area contributed by atoms with Gasteiger partial charge in [-0.1, -0.05) is 19.4 Å². The van der Waals surface area contributed by atoms with Gasteiger partial charge >= 0.3 is 11.9 Å². The van der Waals surface area contributed by atoms with Crippen LogP contribution in [0, 0.1) is 28.6 Å². The smallest absolute Gasteiger partial charge is 0.326 e. The summed E-state index contributed by atoms with van der Waals surface area (Å²) in [6.07, 6.45) is 5.35. The molecular weight excluding hydrogens is 518 g/mol. The minimum Gasteiger partial charge on any atom is -0.480 e. The normalized spacial score (nSPS) is 40.5. The summed E-state index contributed by atoms with van der Waals surface area (Å²) in [4.78, 5) is 62.9. The van der Waals surface area contributed by atoms with Gasteiger partial charge in [-0.3, -0.25) is 19.2 Å². The third-order valence-electron chi connectivity index (χ3n) is 11.3. The Labute approximate surface area is 234 Å². The van der Waals surface area contributed by atoms with E-state index in [1.54, 1.807) is 6.08 Å². The van der Waals surface area contributed by atoms with Crippen molar-refractivity contribution in [1.82, 2.24) is 4.90 Å². The number of aliphatic hydroxyl groups is 2. The number of carboxylic acids is 1. The number of esters is 1. The zero-order valence-electron chi connectivity index (χ0n) is 23.4. The van der Waals surface area contributed by atoms with Gasteiger partial charge in [0, 0.05) is 24.8 Å². The first-order chi connectivity index (χ1) is 18.8. The molecular formula is C30H41NO9. The molecule has 5 rings (SSSR count). The van der Waals surface area contributed by atoms with Crippen LogP contribution in [-0.4, -0.2) is 80.5 Å². The first-order valence-corrected chi connectivity index (χ1v) is 14.7. The number of amides is 1. The molecule has 1 heterocycles. The zero-order chi connectivity index (χ0) is 29.0. The fraction of sp³-hybridized carbons (Fsp3) is 0.767. The standard InChI is InChI=1S/C30H41NO9/c1-28-11-9-18(32)14-17(28)5-6-19-20-10-12-30(39,29(20,2)15-22(33)26(19)28)23(34)16-40-25(36)8-7-24(35)31-13-3-4-21(31)27(37)38/h14,19-22,26,33,39H,3-13,15-16H2,1-2H3,(H,37,38)/t19-,20-,21-,22-,26+,28-,29-,30-/m0/s1. The molecule has 1 aliphatic heterocycles. The molecule has 5 aliphatic rings. The number of nitrogens with zero attached hydrogens (tertiary/aromatic N) is 1. The van der Waals surface area contributed by atoms with Crippen molar-refractivity contribution in [1.29, 1.82) is 0 Å². The van der Waals surface area contributed by atoms with Crippen LogP contribution in [0.15, 0.2) is 11.6 Å². The second-order valence-corrected chi connectivity index (χ2v) is 13.1. The molecule has 4 aliphatic carbocycles. The molecule has 40 heavy (non-hydrogen) atoms. The molecule has 10 nitrogen and oxygen atoms in total. The van der Waals surface area contributed by atoms with E-state index in [9.17, 15) is 39.3 Å². The highest BCUT2D eigenvalue weighted by molar-refractivity contribution is 5.92. The Morgan fingerprint density at radius 1 is 1.07 bits per heavy atom. The molecule has 3 saturated carbocycles. The number of hydrogen-bond acceptors (Lipinski definition) is 8. The minimum atomic E-state index is -1.75. The molecule has 0 unspecified atom stereocenters. The maximum absolute atomic E-state index is 13.4. The fourth-order valence-electron chi connectivity index (χ4n) is 9.16. The summed E-state index contributed by atoms with van der Waals surface area (Å²) in [5, 5.41) is 32.5. The molecule has 1 amide bonds. The molecule has 0 aromatic heterocycles. The Bertz CT molecular complexity index is 1150. The molecule has 0 aromatic carbocycles. The molecule has 0 spiro atoms. The van der Waals surface area contributed by atoms with Crippen LogP contribution in [0.3, 0.4) is 0 Å². The summed E-state index contributed by atoms with van der Waals surface area (Å²) in [5.74, 6) is -2.64. The third kappa shape index (κ3) is 4.51. The number of ketones is 2. The molecule has 10 heteroatoms. The third-order valence-corrected chi connectivity index (χ3v) is 11.3. The number of ether oxygens (including phenoxy) is 1. The van der Waals surface area contributed by atoms with Crippen molar-refractivity contribution in [3.63, 3.8) is 0 Å². The van der Waals surface area contributed by atoms with Crippen LogP contribution in [0.5, 0.6) is 0 Å². The molecule has 0 radical (unpaired) electrons. The average Bonchev–Trinajstić information content (AvgIpc) is 3.50. The van der Waals surface area contributed by atoms with E-state index < -0.39 is 53.4 Å². The summed E-state index contributed by atoms with van der Waals surface area (Å²) >= 11 is 0. The monoisotopic (exact) mass is 559 g/mol. The number of fused-ring (bicyclic) bond motifs is 5. The van der Waals surface area contributed by atoms with Gasteiger partial charge in [0.05, 0.1) is 12.5 Å². The minimum absolute atomic E-state index is 0.0156. The van der Waals surface area contributed by atoms with E-state index in [4.69, 9.17) is 4.74 Å². The van der Waals surface area contributed by atoms with E-state index in [1.165, 1.54) is 4.90 Å². The van der Waals surface area contributed by atoms with Crippen LogP contribution in [0.25, 0.3) is 0 Å². The second-order valence-electron chi connectivity index (χ2n) is 13.1. The summed E-state index contributed by atoms with van der Waals surface area (Å²) in [7, 11) is 0. The van der Waals surface area contributed by atoms with Gasteiger partial charge < -0.3 is 25.0 Å². The van der Waals surface area contributed by atoms with Crippen molar-refractivity contribution in [3.8, 4) is 0 Å². The van der Waals surface area contributed by atoms with Gasteiger partial charge in [-0.15, -0.1) is 0 Å². The lowest BCUT2D eigenvalue weighted by atomic mass is 9.45. The van der Waals surface area contributed by atoms with Gasteiger partial charge in [0.2, 0.25) is 11.7 Å². The zero-order valence-corrected chi connectivity index (χ0v) is 23.4. The lowest BCUT2D eigenvalue weighted by Crippen LogP contribution is -2.62. The van der Waals surface area contributed by atoms with Crippen molar-refractivity contribution < 1.29 is 44.0 Å². The predicted octanol–water partition coefficient (Wildman–Crippen LogP) is 2.19. The van der Waals surface area contributed by atoms with Gasteiger partial charge in [-0.05, 0) is 80.6 Å². The highest BCUT2D eigenvalue weighted by Gasteiger charge is 2.68. The summed E-state index contributed by atoms with van der Waals surface area (Å²) in [5.41, 5.74) is -1.78. The van der Waals surface area contributed by atoms with Crippen molar-refractivity contribution in [2.45, 2.75) is 102 Å². The number of carbonyl (C=O) groups is 5. The Kier molecular flexibility index (Phi) is 7.48. The van der Waals surface area contributed by atoms with Crippen LogP contribution in [0.2, 0.25) is 0 Å². The van der Waals surface area contributed by atoms with Crippen LogP contribution >= 0.6 is 0 Å². The fourth-order valence-corrected chi connectivity index (χ4v) is 9.16. The number of allylic oxidation sites excluding steroid dienone is 1. The number of carbonyl (C=O) groups excluding carboxylic acids is 4. The van der Waals surface area contributed by atoms with Gasteiger partial charge in [0.1, 0.15) is 11.6 Å². The lowest BCUT2D eigenvalue weighted by Gasteiger charge is -2.60. The predicted molar refractivity (Wildman–Crippen MR) is 141 cm³/mol. The maximum atomic E-state index is 13.4. The average molecular weight is 560 g/mol. The summed E-state index contributed by atoms with van der Waals surface area (Å²) < 4.78 is 5.19. The van der Waals surface area contributed by atoms with E-state index in [2.05, 4.69) is 6.92 Å². The first kappa shape index (κ1) is 28.9. The van der Waals surface area contributed by atoms with Gasteiger partial charge in [0.15, 0.2) is 12.4 Å². The molecule has 4 fully saturated rings. The maximum Gasteiger partial charge on any atom is 0.326 e. The Hall–Kier alpha value is -2.59. The number of carboxylic acid groups (broad SMARTS) is 1. The van der Waals surface area contributed by atoms with E-state index in [0.29, 0.717) is 38.6 Å². The highest BCUT2D eigenvalue weighted by atomic mass is 16.5. The van der Waals surface area contributed by atoms with Crippen LogP contribution < -0.4 is 0 Å². The van der Waals surface area contributed by atoms with Crippen molar-refractivity contribution >= 4 is 29.4 Å². The van der Waals surface area contributed by atoms with Gasteiger partial charge in [0.25, 0.3) is 0 Å². The quantitative estimate of drug-likeness (QED) is 0.398. The van der Waals surface area contributed by atoms with E-state index in [1.807, 2.05) is 6.92 Å². The van der Waals surface area contributed by atoms with E-state index >= 15 is 0 Å². The molecule has 220 valence electrons. The van der Waals surface area contributed by atoms with Crippen LogP contribution in [0.1, 0.15) is 84.5 Å². The Balaban J connectivity index is 1.21. The van der Waals surface area contributed by atoms with E-state index in [-0.39, 0.29) is 54.6 Å². The number of likely N-dealkylation sites (tertiary alicyclic amines) is 1. The highest BCUT2D eigenvalue weighted by Crippen LogP contribution is 2.67. The van der Waals surface area contributed by atoms with Crippen LogP contribution in [-0.2, 0) is 28.7 Å². The van der Waals surface area contributed by atoms with E-state index in [0.717, 1.165) is 18.4 Å². The number of hydrogen-bond donors (Lipinski definition) is 3. The van der Waals surface area contributed by atoms with Gasteiger partial charge in [-0.25, -0.2) is 4.79 Å². The Morgan fingerprint density at radius 3 is 2.55 bits per heavy atom. The molecule has 0 bridgehead atoms. The number of Topliss-reactive ketones (excluding diaryl/α,β-unsaturated/α-hetero) is 1. The Morgan fingerprint density at radius 2 is 1.82 bits per heavy atom. The SMILES string of the molecule is C[C@]12CCC(=O)C=C1CC[C@@H]1[C@@H]2[C@@H](O)C[C@@]2(C)[C@H]1CC[C@]2(O)C(=O)COC(=O)CCC(=O)N1CCC[C@H]1C(=O)O. The topological polar surface area (TPSA) is 159 Å². The van der Waals surface area contributed by atoms with Crippen molar-refractivity contribution in [2.24, 2.45) is 28.6 Å². The number of aliphatic carboxylic acids is 1. The first-order valence-electron chi connectivity index (χ1n) is 14.7. The summed E-state index contributed by atoms with van der Waals surface area (Å²) in [6.45, 7) is 3.73. The molecule has 3 N–H and O–H groups in total. The largest absolute Gasteiger partial charge is 0.480 e. The number of rotatable bonds is 7. The molecule has 8 atom stereocenters. The van der Waals surface area contributed by atoms with Crippen molar-refractivity contribution in [3.05, 3.63) is 11.6 Å². The lowest BCUT2D eigenvalue weighted by molar-refractivity contribution is -0.184. The number of aliphatic hydroxyl groups excluding tert-OH is 1. The summed E-state index contributed by atoms with van der Waals surface area (Å²) in [6, 6.07) is -0.879. The molecule has 0 aromatic rings. The second kappa shape index (κ2) is 10.4. The van der Waals surface area contributed by atoms with Crippen molar-refractivity contribution in [2.75, 3.05) is 13.2 Å². The molecule has 1 saturated heterocycles. The van der Waals surface area contributed by atoms with Crippen LogP contribution in [0.4, 0.5) is 0 Å². The van der Waals surface area contributed by atoms with Gasteiger partial charge in [-0.2, -0.15) is 0 Å².